The van der Waals surface area contributed by atoms with Gasteiger partial charge in [0.25, 0.3) is 0 Å². The van der Waals surface area contributed by atoms with E-state index in [1.165, 1.54) is 4.90 Å². The molecule has 1 saturated heterocycles. The smallest absolute Gasteiger partial charge is 0.411 e. The molecule has 1 saturated carbocycles. The van der Waals surface area contributed by atoms with Crippen LogP contribution in [-0.4, -0.2) is 45.9 Å². The molecule has 2 fully saturated rings. The lowest BCUT2D eigenvalue weighted by molar-refractivity contribution is -0.146. The molecule has 2 rings (SSSR count). The highest BCUT2D eigenvalue weighted by molar-refractivity contribution is 5.82. The van der Waals surface area contributed by atoms with E-state index in [2.05, 4.69) is 0 Å². The number of carboxylic acid groups (broad SMARTS) is 1. The summed E-state index contributed by atoms with van der Waals surface area (Å²) in [6.07, 6.45) is -1.16. The Balaban J connectivity index is 2.17. The van der Waals surface area contributed by atoms with Crippen molar-refractivity contribution in [2.45, 2.75) is 57.5 Å². The lowest BCUT2D eigenvalue weighted by Crippen LogP contribution is -2.53. The van der Waals surface area contributed by atoms with Gasteiger partial charge in [0.15, 0.2) is 0 Å². The fourth-order valence-corrected chi connectivity index (χ4v) is 2.86. The SMILES string of the molecule is CC(C)(C)OC(=O)N1[C@H]2C[C@H]([C@H](F)C2)[C@H]1C(=O)O. The molecular weight excluding hydrogens is 241 g/mol. The molecule has 18 heavy (non-hydrogen) atoms. The van der Waals surface area contributed by atoms with Crippen molar-refractivity contribution in [3.8, 4) is 0 Å². The van der Waals surface area contributed by atoms with Crippen LogP contribution >= 0.6 is 0 Å². The normalized spacial score (nSPS) is 34.8. The third-order valence-corrected chi connectivity index (χ3v) is 3.46. The number of carbonyl (C=O) groups excluding carboxylic acids is 1. The lowest BCUT2D eigenvalue weighted by Gasteiger charge is -2.35. The zero-order valence-corrected chi connectivity index (χ0v) is 10.7. The van der Waals surface area contributed by atoms with Gasteiger partial charge in [0, 0.05) is 12.0 Å². The molecule has 0 unspecified atom stereocenters. The molecule has 0 aromatic carbocycles. The number of carbonyl (C=O) groups is 2. The van der Waals surface area contributed by atoms with E-state index in [1.807, 2.05) is 0 Å². The summed E-state index contributed by atoms with van der Waals surface area (Å²) in [6.45, 7) is 5.15. The van der Waals surface area contributed by atoms with Gasteiger partial charge in [-0.1, -0.05) is 0 Å². The van der Waals surface area contributed by atoms with Crippen LogP contribution in [0.3, 0.4) is 0 Å². The molecule has 0 aromatic rings. The minimum absolute atomic E-state index is 0.216. The maximum atomic E-state index is 13.6. The van der Waals surface area contributed by atoms with Crippen LogP contribution in [0.2, 0.25) is 0 Å². The van der Waals surface area contributed by atoms with Crippen LogP contribution in [0.5, 0.6) is 0 Å². The summed E-state index contributed by atoms with van der Waals surface area (Å²) in [6, 6.07) is -1.44. The first-order valence-electron chi connectivity index (χ1n) is 6.09. The van der Waals surface area contributed by atoms with Crippen molar-refractivity contribution in [2.75, 3.05) is 0 Å². The molecule has 2 bridgehead atoms. The fraction of sp³-hybridized carbons (Fsp3) is 0.833. The predicted octanol–water partition coefficient (Wildman–Crippen LogP) is 1.81. The minimum atomic E-state index is -1.16. The van der Waals surface area contributed by atoms with Crippen LogP contribution in [0, 0.1) is 5.92 Å². The highest BCUT2D eigenvalue weighted by Crippen LogP contribution is 2.44. The summed E-state index contributed by atoms with van der Waals surface area (Å²) >= 11 is 0. The molecule has 1 heterocycles. The van der Waals surface area contributed by atoms with Crippen LogP contribution < -0.4 is 0 Å². The molecular formula is C12H18FNO4. The Kier molecular flexibility index (Phi) is 2.99. The van der Waals surface area contributed by atoms with Crippen molar-refractivity contribution in [1.29, 1.82) is 0 Å². The van der Waals surface area contributed by atoms with Gasteiger partial charge < -0.3 is 9.84 Å². The summed E-state index contributed by atoms with van der Waals surface area (Å²) in [4.78, 5) is 24.4. The first-order chi connectivity index (χ1) is 8.20. The van der Waals surface area contributed by atoms with Crippen LogP contribution in [0.4, 0.5) is 9.18 Å². The molecule has 0 aromatic heterocycles. The highest BCUT2D eigenvalue weighted by atomic mass is 19.1. The molecule has 1 amide bonds. The Hall–Kier alpha value is -1.33. The molecule has 5 nitrogen and oxygen atoms in total. The molecule has 102 valence electrons. The van der Waals surface area contributed by atoms with E-state index in [9.17, 15) is 14.0 Å². The average molecular weight is 259 g/mol. The van der Waals surface area contributed by atoms with Gasteiger partial charge in [-0.15, -0.1) is 0 Å². The number of aliphatic carboxylic acids is 1. The first kappa shape index (κ1) is 13.1. The molecule has 1 N–H and O–H groups in total. The highest BCUT2D eigenvalue weighted by Gasteiger charge is 2.57. The van der Waals surface area contributed by atoms with Gasteiger partial charge >= 0.3 is 12.1 Å². The summed E-state index contributed by atoms with van der Waals surface area (Å²) in [5.41, 5.74) is -0.683. The molecule has 6 heteroatoms. The third-order valence-electron chi connectivity index (χ3n) is 3.46. The van der Waals surface area contributed by atoms with E-state index >= 15 is 0 Å². The van der Waals surface area contributed by atoms with E-state index in [4.69, 9.17) is 9.84 Å². The van der Waals surface area contributed by atoms with Crippen molar-refractivity contribution in [3.63, 3.8) is 0 Å². The van der Waals surface area contributed by atoms with Crippen molar-refractivity contribution < 1.29 is 23.8 Å². The fourth-order valence-electron chi connectivity index (χ4n) is 2.86. The topological polar surface area (TPSA) is 66.8 Å². The monoisotopic (exact) mass is 259 g/mol. The van der Waals surface area contributed by atoms with Crippen molar-refractivity contribution in [3.05, 3.63) is 0 Å². The number of ether oxygens (including phenoxy) is 1. The Morgan fingerprint density at radius 2 is 1.94 bits per heavy atom. The number of fused-ring (bicyclic) bond motifs is 2. The number of piperidine rings is 1. The first-order valence-corrected chi connectivity index (χ1v) is 6.09. The number of carboxylic acids is 1. The van der Waals surface area contributed by atoms with Gasteiger partial charge in [-0.3, -0.25) is 4.90 Å². The quantitative estimate of drug-likeness (QED) is 0.779. The second kappa shape index (κ2) is 4.10. The Labute approximate surface area is 105 Å². The van der Waals surface area contributed by atoms with Gasteiger partial charge in [0.05, 0.1) is 0 Å². The van der Waals surface area contributed by atoms with E-state index in [0.717, 1.165) is 0 Å². The number of rotatable bonds is 1. The molecule has 4 atom stereocenters. The summed E-state index contributed by atoms with van der Waals surface area (Å²) in [5.74, 6) is -1.75. The van der Waals surface area contributed by atoms with E-state index in [-0.39, 0.29) is 12.5 Å². The van der Waals surface area contributed by atoms with E-state index < -0.39 is 35.8 Å². The standard InChI is InChI=1S/C12H18FNO4/c1-12(2,3)18-11(17)14-6-4-7(8(13)5-6)9(14)10(15)16/h6-9H,4-5H2,1-3H3,(H,15,16)/t6-,7+,8+,9-/m0/s1. The largest absolute Gasteiger partial charge is 0.480 e. The van der Waals surface area contributed by atoms with Crippen LogP contribution in [0.1, 0.15) is 33.6 Å². The molecule has 1 aliphatic heterocycles. The van der Waals surface area contributed by atoms with Gasteiger partial charge in [0.2, 0.25) is 0 Å². The second-order valence-electron chi connectivity index (χ2n) is 5.98. The number of amides is 1. The van der Waals surface area contributed by atoms with Gasteiger partial charge in [-0.05, 0) is 33.6 Å². The van der Waals surface area contributed by atoms with Crippen molar-refractivity contribution in [2.24, 2.45) is 5.92 Å². The average Bonchev–Trinajstić information content (AvgIpc) is 2.69. The van der Waals surface area contributed by atoms with Gasteiger partial charge in [-0.25, -0.2) is 14.0 Å². The number of likely N-dealkylation sites (tertiary alicyclic amines) is 1. The Morgan fingerprint density at radius 1 is 1.33 bits per heavy atom. The zero-order chi connectivity index (χ0) is 13.7. The second-order valence-corrected chi connectivity index (χ2v) is 5.98. The molecule has 0 spiro atoms. The molecule has 0 radical (unpaired) electrons. The van der Waals surface area contributed by atoms with Gasteiger partial charge in [0.1, 0.15) is 17.8 Å². The maximum Gasteiger partial charge on any atom is 0.411 e. The predicted molar refractivity (Wildman–Crippen MR) is 60.9 cm³/mol. The van der Waals surface area contributed by atoms with Crippen LogP contribution in [0.15, 0.2) is 0 Å². The summed E-state index contributed by atoms with van der Waals surface area (Å²) in [7, 11) is 0. The third kappa shape index (κ3) is 2.15. The Bertz CT molecular complexity index is 379. The van der Waals surface area contributed by atoms with E-state index in [0.29, 0.717) is 6.42 Å². The van der Waals surface area contributed by atoms with Crippen molar-refractivity contribution in [1.82, 2.24) is 4.90 Å². The van der Waals surface area contributed by atoms with Crippen LogP contribution in [0.25, 0.3) is 0 Å². The number of hydrogen-bond acceptors (Lipinski definition) is 3. The van der Waals surface area contributed by atoms with Gasteiger partial charge in [-0.2, -0.15) is 0 Å². The Morgan fingerprint density at radius 3 is 2.44 bits per heavy atom. The number of alkyl halides is 1. The molecule has 2 aliphatic rings. The summed E-state index contributed by atoms with van der Waals surface area (Å²) in [5, 5.41) is 9.15. The number of halogens is 1. The van der Waals surface area contributed by atoms with Crippen molar-refractivity contribution >= 4 is 12.1 Å². The lowest BCUT2D eigenvalue weighted by atomic mass is 9.97. The van der Waals surface area contributed by atoms with E-state index in [1.54, 1.807) is 20.8 Å². The number of nitrogens with zero attached hydrogens (tertiary/aromatic N) is 1. The summed E-state index contributed by atoms with van der Waals surface area (Å²) < 4.78 is 18.8. The maximum absolute atomic E-state index is 13.6. The zero-order valence-electron chi connectivity index (χ0n) is 10.7. The number of hydrogen-bond donors (Lipinski definition) is 1. The van der Waals surface area contributed by atoms with Crippen LogP contribution in [-0.2, 0) is 9.53 Å². The molecule has 1 aliphatic carbocycles. The minimum Gasteiger partial charge on any atom is -0.480 e.